The third-order valence-corrected chi connectivity index (χ3v) is 4.05. The van der Waals surface area contributed by atoms with Crippen molar-refractivity contribution < 1.29 is 4.74 Å². The van der Waals surface area contributed by atoms with Gasteiger partial charge in [0.1, 0.15) is 11.5 Å². The van der Waals surface area contributed by atoms with Gasteiger partial charge in [-0.3, -0.25) is 0 Å². The minimum Gasteiger partial charge on any atom is -0.457 e. The number of rotatable bonds is 4. The average Bonchev–Trinajstić information content (AvgIpc) is 2.88. The predicted molar refractivity (Wildman–Crippen MR) is 83.4 cm³/mol. The van der Waals surface area contributed by atoms with Crippen LogP contribution < -0.4 is 10.1 Å². The third kappa shape index (κ3) is 3.13. The Balaban J connectivity index is 1.62. The first-order chi connectivity index (χ1) is 9.81. The number of benzene rings is 2. The van der Waals surface area contributed by atoms with Crippen molar-refractivity contribution in [1.29, 1.82) is 0 Å². The second-order valence-electron chi connectivity index (χ2n) is 5.60. The van der Waals surface area contributed by atoms with Crippen molar-refractivity contribution in [1.82, 2.24) is 0 Å². The quantitative estimate of drug-likeness (QED) is 0.834. The van der Waals surface area contributed by atoms with Crippen LogP contribution in [0.4, 0.5) is 5.69 Å². The van der Waals surface area contributed by atoms with Gasteiger partial charge in [0.05, 0.1) is 0 Å². The minimum atomic E-state index is 0.621. The van der Waals surface area contributed by atoms with E-state index in [1.807, 2.05) is 42.5 Å². The molecule has 0 bridgehead atoms. The van der Waals surface area contributed by atoms with E-state index in [1.54, 1.807) is 0 Å². The standard InChI is InChI=1S/C18H21NO/c1-14-6-5-9-18(14)19-15-10-12-17(13-11-15)20-16-7-3-2-4-8-16/h2-4,7-8,10-14,18-19H,5-6,9H2,1H3. The van der Waals surface area contributed by atoms with Crippen molar-refractivity contribution in [3.8, 4) is 11.5 Å². The topological polar surface area (TPSA) is 21.3 Å². The number of nitrogens with one attached hydrogen (secondary N) is 1. The smallest absolute Gasteiger partial charge is 0.127 e. The largest absolute Gasteiger partial charge is 0.457 e. The molecule has 1 aliphatic carbocycles. The van der Waals surface area contributed by atoms with Gasteiger partial charge in [-0.1, -0.05) is 31.5 Å². The van der Waals surface area contributed by atoms with Crippen molar-refractivity contribution >= 4 is 5.69 Å². The average molecular weight is 267 g/mol. The highest BCUT2D eigenvalue weighted by Crippen LogP contribution is 2.29. The summed E-state index contributed by atoms with van der Waals surface area (Å²) in [5, 5.41) is 3.63. The lowest BCUT2D eigenvalue weighted by molar-refractivity contribution is 0.482. The highest BCUT2D eigenvalue weighted by molar-refractivity contribution is 5.48. The zero-order valence-electron chi connectivity index (χ0n) is 11.9. The molecule has 2 heteroatoms. The van der Waals surface area contributed by atoms with Crippen molar-refractivity contribution in [3.05, 3.63) is 54.6 Å². The zero-order valence-corrected chi connectivity index (χ0v) is 11.9. The fraction of sp³-hybridized carbons (Fsp3) is 0.333. The molecule has 2 aromatic carbocycles. The van der Waals surface area contributed by atoms with Crippen LogP contribution in [0.3, 0.4) is 0 Å². The summed E-state index contributed by atoms with van der Waals surface area (Å²) in [7, 11) is 0. The second-order valence-corrected chi connectivity index (χ2v) is 5.60. The maximum absolute atomic E-state index is 5.80. The van der Waals surface area contributed by atoms with Crippen LogP contribution in [0.2, 0.25) is 0 Å². The molecule has 0 aliphatic heterocycles. The normalized spacial score (nSPS) is 21.6. The van der Waals surface area contributed by atoms with Crippen LogP contribution in [0.1, 0.15) is 26.2 Å². The fourth-order valence-corrected chi connectivity index (χ4v) is 2.82. The molecule has 0 aromatic heterocycles. The molecule has 0 amide bonds. The highest BCUT2D eigenvalue weighted by Gasteiger charge is 2.22. The Bertz CT molecular complexity index is 535. The van der Waals surface area contributed by atoms with E-state index in [0.717, 1.165) is 17.4 Å². The van der Waals surface area contributed by atoms with Crippen LogP contribution in [0.15, 0.2) is 54.6 Å². The molecule has 0 saturated heterocycles. The number of hydrogen-bond donors (Lipinski definition) is 1. The van der Waals surface area contributed by atoms with E-state index in [-0.39, 0.29) is 0 Å². The molecule has 2 atom stereocenters. The monoisotopic (exact) mass is 267 g/mol. The van der Waals surface area contributed by atoms with E-state index in [9.17, 15) is 0 Å². The fourth-order valence-electron chi connectivity index (χ4n) is 2.82. The molecule has 2 unspecified atom stereocenters. The van der Waals surface area contributed by atoms with E-state index >= 15 is 0 Å². The first kappa shape index (κ1) is 13.0. The predicted octanol–water partition coefficient (Wildman–Crippen LogP) is 5.08. The maximum Gasteiger partial charge on any atom is 0.127 e. The van der Waals surface area contributed by atoms with Gasteiger partial charge in [0.25, 0.3) is 0 Å². The molecular formula is C18H21NO. The van der Waals surface area contributed by atoms with Gasteiger partial charge in [-0.2, -0.15) is 0 Å². The van der Waals surface area contributed by atoms with E-state index in [4.69, 9.17) is 4.74 Å². The van der Waals surface area contributed by atoms with Crippen LogP contribution in [-0.4, -0.2) is 6.04 Å². The maximum atomic E-state index is 5.80. The summed E-state index contributed by atoms with van der Waals surface area (Å²) in [6.45, 7) is 2.33. The van der Waals surface area contributed by atoms with Gasteiger partial charge in [0, 0.05) is 11.7 Å². The first-order valence-electron chi connectivity index (χ1n) is 7.41. The Morgan fingerprint density at radius 2 is 1.60 bits per heavy atom. The Labute approximate surface area is 120 Å². The van der Waals surface area contributed by atoms with Crippen molar-refractivity contribution in [2.45, 2.75) is 32.2 Å². The molecule has 0 spiro atoms. The molecule has 0 radical (unpaired) electrons. The summed E-state index contributed by atoms with van der Waals surface area (Å²) in [6.07, 6.45) is 3.96. The molecule has 0 heterocycles. The van der Waals surface area contributed by atoms with Gasteiger partial charge in [0.15, 0.2) is 0 Å². The summed E-state index contributed by atoms with van der Waals surface area (Å²) in [5.74, 6) is 2.52. The number of ether oxygens (including phenoxy) is 1. The Hall–Kier alpha value is -1.96. The van der Waals surface area contributed by atoms with Gasteiger partial charge in [-0.15, -0.1) is 0 Å². The van der Waals surface area contributed by atoms with E-state index in [0.29, 0.717) is 6.04 Å². The zero-order chi connectivity index (χ0) is 13.8. The van der Waals surface area contributed by atoms with Crippen LogP contribution in [0.5, 0.6) is 11.5 Å². The van der Waals surface area contributed by atoms with Crippen LogP contribution >= 0.6 is 0 Å². The SMILES string of the molecule is CC1CCCC1Nc1ccc(Oc2ccccc2)cc1. The molecule has 104 valence electrons. The van der Waals surface area contributed by atoms with Crippen LogP contribution in [0, 0.1) is 5.92 Å². The van der Waals surface area contributed by atoms with Crippen molar-refractivity contribution in [3.63, 3.8) is 0 Å². The molecule has 20 heavy (non-hydrogen) atoms. The summed E-state index contributed by atoms with van der Waals surface area (Å²) < 4.78 is 5.80. The molecule has 1 aliphatic rings. The summed E-state index contributed by atoms with van der Waals surface area (Å²) in [4.78, 5) is 0. The Morgan fingerprint density at radius 3 is 2.25 bits per heavy atom. The molecule has 1 N–H and O–H groups in total. The molecule has 1 saturated carbocycles. The number of para-hydroxylation sites is 1. The van der Waals surface area contributed by atoms with Crippen LogP contribution in [0.25, 0.3) is 0 Å². The van der Waals surface area contributed by atoms with Gasteiger partial charge < -0.3 is 10.1 Å². The summed E-state index contributed by atoms with van der Waals surface area (Å²) >= 11 is 0. The lowest BCUT2D eigenvalue weighted by Crippen LogP contribution is -2.21. The molecular weight excluding hydrogens is 246 g/mol. The van der Waals surface area contributed by atoms with Gasteiger partial charge in [0.2, 0.25) is 0 Å². The first-order valence-corrected chi connectivity index (χ1v) is 7.41. The molecule has 3 rings (SSSR count). The van der Waals surface area contributed by atoms with E-state index in [2.05, 4.69) is 24.4 Å². The Kier molecular flexibility index (Phi) is 3.91. The van der Waals surface area contributed by atoms with Gasteiger partial charge >= 0.3 is 0 Å². The lowest BCUT2D eigenvalue weighted by atomic mass is 10.1. The molecule has 2 aromatic rings. The second kappa shape index (κ2) is 6.00. The van der Waals surface area contributed by atoms with Gasteiger partial charge in [-0.05, 0) is 55.2 Å². The third-order valence-electron chi connectivity index (χ3n) is 4.05. The summed E-state index contributed by atoms with van der Waals surface area (Å²) in [6, 6.07) is 18.7. The number of anilines is 1. The highest BCUT2D eigenvalue weighted by atomic mass is 16.5. The van der Waals surface area contributed by atoms with Gasteiger partial charge in [-0.25, -0.2) is 0 Å². The Morgan fingerprint density at radius 1 is 0.900 bits per heavy atom. The van der Waals surface area contributed by atoms with Crippen molar-refractivity contribution in [2.24, 2.45) is 5.92 Å². The van der Waals surface area contributed by atoms with E-state index < -0.39 is 0 Å². The van der Waals surface area contributed by atoms with Crippen LogP contribution in [-0.2, 0) is 0 Å². The van der Waals surface area contributed by atoms with E-state index in [1.165, 1.54) is 24.9 Å². The van der Waals surface area contributed by atoms with Crippen molar-refractivity contribution in [2.75, 3.05) is 5.32 Å². The lowest BCUT2D eigenvalue weighted by Gasteiger charge is -2.18. The molecule has 1 fully saturated rings. The summed E-state index contributed by atoms with van der Waals surface area (Å²) in [5.41, 5.74) is 1.18. The minimum absolute atomic E-state index is 0.621. The number of hydrogen-bond acceptors (Lipinski definition) is 2. The molecule has 2 nitrogen and oxygen atoms in total.